The Labute approximate surface area is 161 Å². The van der Waals surface area contributed by atoms with E-state index in [-0.39, 0.29) is 18.1 Å². The lowest BCUT2D eigenvalue weighted by molar-refractivity contribution is -0.144. The summed E-state index contributed by atoms with van der Waals surface area (Å²) in [6, 6.07) is 0.645. The minimum Gasteiger partial charge on any atom is -0.449 e. The van der Waals surface area contributed by atoms with E-state index in [1.54, 1.807) is 0 Å². The van der Waals surface area contributed by atoms with Crippen molar-refractivity contribution in [2.45, 2.75) is 32.9 Å². The van der Waals surface area contributed by atoms with Gasteiger partial charge in [-0.05, 0) is 19.4 Å². The smallest absolute Gasteiger partial charge is 0.449 e. The molecule has 28 heavy (non-hydrogen) atoms. The number of rotatable bonds is 5. The highest BCUT2D eigenvalue weighted by molar-refractivity contribution is 6.35. The number of carbonyl (C=O) groups excluding carboxylic acids is 2. The van der Waals surface area contributed by atoms with E-state index in [0.717, 1.165) is 0 Å². The number of imide groups is 1. The number of nitrogens with one attached hydrogen (secondary N) is 1. The van der Waals surface area contributed by atoms with Crippen LogP contribution in [0.3, 0.4) is 0 Å². The highest BCUT2D eigenvalue weighted by Crippen LogP contribution is 2.37. The first-order valence-electron chi connectivity index (χ1n) is 8.20. The predicted molar refractivity (Wildman–Crippen MR) is 91.8 cm³/mol. The van der Waals surface area contributed by atoms with Gasteiger partial charge in [-0.1, -0.05) is 24.9 Å². The molecule has 2 aromatic rings. The summed E-state index contributed by atoms with van der Waals surface area (Å²) in [5.74, 6) is -2.71. The van der Waals surface area contributed by atoms with Crippen LogP contribution in [0.25, 0.3) is 11.0 Å². The minimum absolute atomic E-state index is 0.0830. The fourth-order valence-corrected chi connectivity index (χ4v) is 2.48. The third kappa shape index (κ3) is 4.46. The number of fused-ring (bicyclic) bond motifs is 1. The highest BCUT2D eigenvalue weighted by Gasteiger charge is 2.38. The summed E-state index contributed by atoms with van der Waals surface area (Å²) in [5.41, 5.74) is -1.90. The Morgan fingerprint density at radius 2 is 1.89 bits per heavy atom. The number of halogens is 5. The summed E-state index contributed by atoms with van der Waals surface area (Å²) in [7, 11) is 0. The zero-order valence-electron chi connectivity index (χ0n) is 14.8. The molecule has 0 spiro atoms. The number of ether oxygens (including phenoxy) is 2. The van der Waals surface area contributed by atoms with Crippen molar-refractivity contribution in [1.29, 1.82) is 0 Å². The van der Waals surface area contributed by atoms with Crippen LogP contribution in [0.4, 0.5) is 32.8 Å². The molecule has 0 fully saturated rings. The maximum atomic E-state index is 14.6. The Morgan fingerprint density at radius 3 is 2.46 bits per heavy atom. The molecule has 1 aromatic heterocycles. The predicted octanol–water partition coefficient (Wildman–Crippen LogP) is 5.27. The summed E-state index contributed by atoms with van der Waals surface area (Å²) in [6.45, 7) is 3.00. The average molecular weight is 426 g/mol. The fraction of sp³-hybridized carbons (Fsp3) is 0.438. The Kier molecular flexibility index (Phi) is 6.70. The van der Waals surface area contributed by atoms with Crippen LogP contribution < -0.4 is 4.90 Å². The molecule has 154 valence electrons. The number of aromatic nitrogens is 2. The molecule has 1 heterocycles. The minimum atomic E-state index is -4.90. The quantitative estimate of drug-likeness (QED) is 0.521. The second-order valence-electron chi connectivity index (χ2n) is 5.50. The number of alkyl halides is 3. The number of unbranched alkanes of at least 4 members (excludes halogenated alkanes) is 1. The zero-order chi connectivity index (χ0) is 21.1. The van der Waals surface area contributed by atoms with Gasteiger partial charge in [0.25, 0.3) is 0 Å². The number of carbonyl (C=O) groups is 2. The SMILES string of the molecule is CCCCOC(=O)N(C(=O)OCC)c1c(F)cc(Cl)c2nc(C(F)(F)F)[nH]c12. The number of nitrogens with zero attached hydrogens (tertiary/aromatic N) is 2. The summed E-state index contributed by atoms with van der Waals surface area (Å²) < 4.78 is 63.3. The first-order valence-corrected chi connectivity index (χ1v) is 8.58. The Balaban J connectivity index is 2.65. The maximum Gasteiger partial charge on any atom is 0.449 e. The van der Waals surface area contributed by atoms with E-state index >= 15 is 0 Å². The van der Waals surface area contributed by atoms with Crippen molar-refractivity contribution in [3.05, 3.63) is 22.7 Å². The van der Waals surface area contributed by atoms with Gasteiger partial charge in [0.05, 0.1) is 23.8 Å². The van der Waals surface area contributed by atoms with Gasteiger partial charge in [0.1, 0.15) is 11.2 Å². The lowest BCUT2D eigenvalue weighted by Gasteiger charge is -2.21. The monoisotopic (exact) mass is 425 g/mol. The lowest BCUT2D eigenvalue weighted by atomic mass is 10.2. The molecule has 1 aromatic carbocycles. The molecule has 2 amide bonds. The third-order valence-electron chi connectivity index (χ3n) is 3.50. The van der Waals surface area contributed by atoms with Crippen LogP contribution in [-0.4, -0.2) is 35.4 Å². The van der Waals surface area contributed by atoms with Crippen LogP contribution >= 0.6 is 11.6 Å². The number of benzene rings is 1. The van der Waals surface area contributed by atoms with Crippen molar-refractivity contribution in [2.24, 2.45) is 0 Å². The number of imidazole rings is 1. The first-order chi connectivity index (χ1) is 13.1. The van der Waals surface area contributed by atoms with Gasteiger partial charge in [-0.15, -0.1) is 0 Å². The molecule has 0 aliphatic heterocycles. The molecule has 0 saturated heterocycles. The molecule has 12 heteroatoms. The molecule has 0 atom stereocenters. The van der Waals surface area contributed by atoms with E-state index in [2.05, 4.69) is 4.98 Å². The Bertz CT molecular complexity index is 885. The number of aromatic amines is 1. The first kappa shape index (κ1) is 21.7. The Hall–Kier alpha value is -2.56. The number of hydrogen-bond donors (Lipinski definition) is 1. The lowest BCUT2D eigenvalue weighted by Crippen LogP contribution is -2.39. The molecule has 1 N–H and O–H groups in total. The van der Waals surface area contributed by atoms with Gasteiger partial charge < -0.3 is 14.5 Å². The summed E-state index contributed by atoms with van der Waals surface area (Å²) in [5, 5.41) is -0.439. The van der Waals surface area contributed by atoms with Gasteiger partial charge in [0.2, 0.25) is 5.82 Å². The van der Waals surface area contributed by atoms with Crippen molar-refractivity contribution >= 4 is 40.5 Å². The van der Waals surface area contributed by atoms with Gasteiger partial charge in [-0.2, -0.15) is 18.1 Å². The van der Waals surface area contributed by atoms with E-state index in [9.17, 15) is 27.2 Å². The summed E-state index contributed by atoms with van der Waals surface area (Å²) in [4.78, 5) is 30.0. The Morgan fingerprint density at radius 1 is 1.25 bits per heavy atom. The van der Waals surface area contributed by atoms with Crippen LogP contribution in [0.2, 0.25) is 5.02 Å². The van der Waals surface area contributed by atoms with Crippen LogP contribution in [-0.2, 0) is 15.7 Å². The van der Waals surface area contributed by atoms with Gasteiger partial charge in [0.15, 0.2) is 5.82 Å². The molecular weight excluding hydrogens is 410 g/mol. The molecular formula is C16H16ClF4N3O4. The van der Waals surface area contributed by atoms with Gasteiger partial charge in [0, 0.05) is 0 Å². The summed E-state index contributed by atoms with van der Waals surface area (Å²) in [6.07, 6.45) is -6.40. The molecule has 2 rings (SSSR count). The van der Waals surface area contributed by atoms with E-state index in [1.165, 1.54) is 6.92 Å². The highest BCUT2D eigenvalue weighted by atomic mass is 35.5. The largest absolute Gasteiger partial charge is 0.449 e. The van der Waals surface area contributed by atoms with E-state index < -0.39 is 51.7 Å². The summed E-state index contributed by atoms with van der Waals surface area (Å²) >= 11 is 5.78. The van der Waals surface area contributed by atoms with Crippen LogP contribution in [0.1, 0.15) is 32.5 Å². The van der Waals surface area contributed by atoms with Crippen molar-refractivity contribution in [3.63, 3.8) is 0 Å². The van der Waals surface area contributed by atoms with Crippen molar-refractivity contribution in [3.8, 4) is 0 Å². The molecule has 0 aliphatic carbocycles. The van der Waals surface area contributed by atoms with E-state index in [1.807, 2.05) is 11.9 Å². The van der Waals surface area contributed by atoms with Gasteiger partial charge in [-0.3, -0.25) is 0 Å². The van der Waals surface area contributed by atoms with Crippen LogP contribution in [0.15, 0.2) is 6.07 Å². The van der Waals surface area contributed by atoms with Crippen LogP contribution in [0.5, 0.6) is 0 Å². The number of amides is 2. The topological polar surface area (TPSA) is 84.5 Å². The zero-order valence-corrected chi connectivity index (χ0v) is 15.6. The second kappa shape index (κ2) is 8.63. The molecule has 0 radical (unpaired) electrons. The van der Waals surface area contributed by atoms with Crippen molar-refractivity contribution in [2.75, 3.05) is 18.1 Å². The molecule has 7 nitrogen and oxygen atoms in total. The fourth-order valence-electron chi connectivity index (χ4n) is 2.25. The average Bonchev–Trinajstić information content (AvgIpc) is 3.04. The molecule has 0 aliphatic rings. The van der Waals surface area contributed by atoms with Crippen LogP contribution in [0, 0.1) is 5.82 Å². The maximum absolute atomic E-state index is 14.6. The van der Waals surface area contributed by atoms with Gasteiger partial charge >= 0.3 is 18.4 Å². The number of hydrogen-bond acceptors (Lipinski definition) is 5. The molecule has 0 bridgehead atoms. The number of anilines is 1. The van der Waals surface area contributed by atoms with Gasteiger partial charge in [-0.25, -0.2) is 19.0 Å². The second-order valence-corrected chi connectivity index (χ2v) is 5.91. The van der Waals surface area contributed by atoms with E-state index in [4.69, 9.17) is 21.1 Å². The standard InChI is InChI=1S/C16H16ClF4N3O4/c1-3-5-6-28-15(26)24(14(25)27-4-2)12-9(18)7-8(17)10-11(12)23-13(22-10)16(19,20)21/h7H,3-6H2,1-2H3,(H,22,23). The normalized spacial score (nSPS) is 11.5. The van der Waals surface area contributed by atoms with E-state index in [0.29, 0.717) is 18.9 Å². The van der Waals surface area contributed by atoms with Crippen molar-refractivity contribution < 1.29 is 36.6 Å². The number of H-pyrrole nitrogens is 1. The molecule has 0 saturated carbocycles. The molecule has 0 unspecified atom stereocenters. The third-order valence-corrected chi connectivity index (χ3v) is 3.78. The van der Waals surface area contributed by atoms with Crippen molar-refractivity contribution in [1.82, 2.24) is 9.97 Å².